The van der Waals surface area contributed by atoms with E-state index in [9.17, 15) is 4.79 Å². The average molecular weight is 280 g/mol. The molecule has 0 aliphatic heterocycles. The molecule has 0 radical (unpaired) electrons. The van der Waals surface area contributed by atoms with E-state index in [0.717, 1.165) is 22.4 Å². The summed E-state index contributed by atoms with van der Waals surface area (Å²) in [4.78, 5) is 18.3. The zero-order chi connectivity index (χ0) is 14.2. The Labute approximate surface area is 118 Å². The van der Waals surface area contributed by atoms with Gasteiger partial charge >= 0.3 is 0 Å². The molecule has 0 saturated carbocycles. The second-order valence-corrected chi connectivity index (χ2v) is 5.15. The molecule has 0 fully saturated rings. The van der Waals surface area contributed by atoms with Crippen molar-refractivity contribution >= 4 is 28.5 Å². The van der Waals surface area contributed by atoms with E-state index in [2.05, 4.69) is 4.98 Å². The molecule has 0 spiro atoms. The lowest BCUT2D eigenvalue weighted by atomic mass is 10.2. The van der Waals surface area contributed by atoms with E-state index in [1.165, 1.54) is 0 Å². The lowest BCUT2D eigenvalue weighted by Gasteiger charge is -2.20. The van der Waals surface area contributed by atoms with Gasteiger partial charge in [-0.15, -0.1) is 11.6 Å². The van der Waals surface area contributed by atoms with E-state index in [1.807, 2.05) is 36.6 Å². The van der Waals surface area contributed by atoms with Gasteiger partial charge in [-0.3, -0.25) is 4.79 Å². The molecule has 1 aromatic heterocycles. The molecule has 2 rings (SSSR count). The highest BCUT2D eigenvalue weighted by atomic mass is 35.5. The van der Waals surface area contributed by atoms with Gasteiger partial charge in [0, 0.05) is 14.1 Å². The summed E-state index contributed by atoms with van der Waals surface area (Å²) in [6.07, 6.45) is 0. The molecule has 1 heterocycles. The number of hydrogen-bond acceptors (Lipinski definition) is 2. The summed E-state index contributed by atoms with van der Waals surface area (Å²) in [5, 5.41) is 0. The first kappa shape index (κ1) is 13.9. The van der Waals surface area contributed by atoms with Crippen LogP contribution in [0.1, 0.15) is 24.4 Å². The number of aromatic nitrogens is 2. The fraction of sp³-hybridized carbons (Fsp3) is 0.429. The number of likely N-dealkylation sites (N-methyl/N-ethyl adjacent to an activating group) is 1. The van der Waals surface area contributed by atoms with Gasteiger partial charge in [0.2, 0.25) is 5.91 Å². The first-order valence-electron chi connectivity index (χ1n) is 6.21. The number of alkyl halides is 1. The fourth-order valence-corrected chi connectivity index (χ4v) is 2.50. The SMILES string of the molecule is Cc1cccc2c1nc(CCl)n2C(C)C(=O)N(C)C. The normalized spacial score (nSPS) is 12.7. The Morgan fingerprint density at radius 2 is 2.16 bits per heavy atom. The Morgan fingerprint density at radius 3 is 2.74 bits per heavy atom. The fourth-order valence-electron chi connectivity index (χ4n) is 2.32. The van der Waals surface area contributed by atoms with Crippen molar-refractivity contribution < 1.29 is 4.79 Å². The second kappa shape index (κ2) is 5.21. The Morgan fingerprint density at radius 1 is 1.47 bits per heavy atom. The van der Waals surface area contributed by atoms with Crippen molar-refractivity contribution in [3.05, 3.63) is 29.6 Å². The minimum Gasteiger partial charge on any atom is -0.347 e. The van der Waals surface area contributed by atoms with Gasteiger partial charge in [-0.25, -0.2) is 4.98 Å². The maximum Gasteiger partial charge on any atom is 0.244 e. The highest BCUT2D eigenvalue weighted by Crippen LogP contribution is 2.25. The second-order valence-electron chi connectivity index (χ2n) is 4.88. The Balaban J connectivity index is 2.64. The molecule has 1 amide bonds. The van der Waals surface area contributed by atoms with Crippen LogP contribution in [-0.4, -0.2) is 34.5 Å². The average Bonchev–Trinajstić information content (AvgIpc) is 2.76. The number of hydrogen-bond donors (Lipinski definition) is 0. The van der Waals surface area contributed by atoms with E-state index in [4.69, 9.17) is 11.6 Å². The first-order valence-corrected chi connectivity index (χ1v) is 6.74. The van der Waals surface area contributed by atoms with Crippen molar-refractivity contribution in [2.45, 2.75) is 25.8 Å². The number of carbonyl (C=O) groups excluding carboxylic acids is 1. The monoisotopic (exact) mass is 279 g/mol. The van der Waals surface area contributed by atoms with Gasteiger partial charge in [0.15, 0.2) is 0 Å². The van der Waals surface area contributed by atoms with Gasteiger partial charge in [0.1, 0.15) is 11.9 Å². The first-order chi connectivity index (χ1) is 8.97. The number of para-hydroxylation sites is 1. The number of halogens is 1. The quantitative estimate of drug-likeness (QED) is 0.810. The van der Waals surface area contributed by atoms with Crippen molar-refractivity contribution in [1.82, 2.24) is 14.5 Å². The standard InChI is InChI=1S/C14H18ClN3O/c1-9-6-5-7-11-13(9)16-12(8-15)18(11)10(2)14(19)17(3)4/h5-7,10H,8H2,1-4H3. The van der Waals surface area contributed by atoms with Gasteiger partial charge in [0.05, 0.1) is 16.9 Å². The van der Waals surface area contributed by atoms with Crippen LogP contribution in [0.25, 0.3) is 11.0 Å². The molecular formula is C14H18ClN3O. The van der Waals surface area contributed by atoms with Crippen LogP contribution in [-0.2, 0) is 10.7 Å². The molecule has 0 N–H and O–H groups in total. The molecule has 19 heavy (non-hydrogen) atoms. The molecule has 1 unspecified atom stereocenters. The number of aryl methyl sites for hydroxylation is 1. The molecule has 0 aliphatic carbocycles. The lowest BCUT2D eigenvalue weighted by Crippen LogP contribution is -2.30. The summed E-state index contributed by atoms with van der Waals surface area (Å²) in [5.41, 5.74) is 2.96. The summed E-state index contributed by atoms with van der Waals surface area (Å²) in [7, 11) is 3.51. The third kappa shape index (κ3) is 2.32. The predicted octanol–water partition coefficient (Wildman–Crippen LogP) is 2.73. The van der Waals surface area contributed by atoms with Crippen LogP contribution in [0, 0.1) is 6.92 Å². The van der Waals surface area contributed by atoms with E-state index in [-0.39, 0.29) is 11.9 Å². The van der Waals surface area contributed by atoms with Gasteiger partial charge < -0.3 is 9.47 Å². The molecule has 102 valence electrons. The van der Waals surface area contributed by atoms with Crippen LogP contribution < -0.4 is 0 Å². The van der Waals surface area contributed by atoms with Crippen LogP contribution in [0.5, 0.6) is 0 Å². The van der Waals surface area contributed by atoms with Crippen molar-refractivity contribution in [3.8, 4) is 0 Å². The molecule has 0 saturated heterocycles. The van der Waals surface area contributed by atoms with Crippen LogP contribution in [0.2, 0.25) is 0 Å². The summed E-state index contributed by atoms with van der Waals surface area (Å²) in [6, 6.07) is 5.65. The number of imidazole rings is 1. The number of carbonyl (C=O) groups is 1. The van der Waals surface area contributed by atoms with E-state index in [1.54, 1.807) is 19.0 Å². The summed E-state index contributed by atoms with van der Waals surface area (Å²) < 4.78 is 1.93. The minimum atomic E-state index is -0.310. The van der Waals surface area contributed by atoms with Crippen LogP contribution in [0.3, 0.4) is 0 Å². The highest BCUT2D eigenvalue weighted by molar-refractivity contribution is 6.17. The molecule has 0 aliphatic rings. The summed E-state index contributed by atoms with van der Waals surface area (Å²) in [6.45, 7) is 3.89. The Kier molecular flexibility index (Phi) is 3.80. The van der Waals surface area contributed by atoms with Crippen molar-refractivity contribution in [2.24, 2.45) is 0 Å². The number of nitrogens with zero attached hydrogens (tertiary/aromatic N) is 3. The third-order valence-electron chi connectivity index (χ3n) is 3.30. The van der Waals surface area contributed by atoms with Crippen molar-refractivity contribution in [2.75, 3.05) is 14.1 Å². The number of benzene rings is 1. The van der Waals surface area contributed by atoms with Gasteiger partial charge in [-0.1, -0.05) is 12.1 Å². The van der Waals surface area contributed by atoms with E-state index >= 15 is 0 Å². The molecule has 1 aromatic carbocycles. The maximum atomic E-state index is 12.2. The molecule has 0 bridgehead atoms. The molecule has 2 aromatic rings. The Bertz CT molecular complexity index is 618. The third-order valence-corrected chi connectivity index (χ3v) is 3.54. The number of rotatable bonds is 3. The number of amides is 1. The van der Waals surface area contributed by atoms with E-state index in [0.29, 0.717) is 5.88 Å². The van der Waals surface area contributed by atoms with Gasteiger partial charge in [-0.05, 0) is 25.5 Å². The molecule has 1 atom stereocenters. The van der Waals surface area contributed by atoms with Gasteiger partial charge in [-0.2, -0.15) is 0 Å². The van der Waals surface area contributed by atoms with Crippen molar-refractivity contribution in [3.63, 3.8) is 0 Å². The topological polar surface area (TPSA) is 38.1 Å². The van der Waals surface area contributed by atoms with E-state index < -0.39 is 0 Å². The molecule has 4 nitrogen and oxygen atoms in total. The summed E-state index contributed by atoms with van der Waals surface area (Å²) in [5.74, 6) is 1.06. The van der Waals surface area contributed by atoms with Crippen LogP contribution in [0.4, 0.5) is 0 Å². The zero-order valence-electron chi connectivity index (χ0n) is 11.6. The largest absolute Gasteiger partial charge is 0.347 e. The molecule has 5 heteroatoms. The lowest BCUT2D eigenvalue weighted by molar-refractivity contribution is -0.131. The van der Waals surface area contributed by atoms with Crippen molar-refractivity contribution in [1.29, 1.82) is 0 Å². The predicted molar refractivity (Wildman–Crippen MR) is 77.4 cm³/mol. The molecular weight excluding hydrogens is 262 g/mol. The van der Waals surface area contributed by atoms with Crippen LogP contribution >= 0.6 is 11.6 Å². The highest BCUT2D eigenvalue weighted by Gasteiger charge is 2.22. The summed E-state index contributed by atoms with van der Waals surface area (Å²) >= 11 is 5.98. The van der Waals surface area contributed by atoms with Crippen LogP contribution in [0.15, 0.2) is 18.2 Å². The minimum absolute atomic E-state index is 0.0344. The van der Waals surface area contributed by atoms with Gasteiger partial charge in [0.25, 0.3) is 0 Å². The maximum absolute atomic E-state index is 12.2. The smallest absolute Gasteiger partial charge is 0.244 e. The number of fused-ring (bicyclic) bond motifs is 1. The zero-order valence-corrected chi connectivity index (χ0v) is 12.4. The Hall–Kier alpha value is -1.55.